The van der Waals surface area contributed by atoms with E-state index in [0.29, 0.717) is 36.0 Å². The van der Waals surface area contributed by atoms with Gasteiger partial charge >= 0.3 is 11.9 Å². The van der Waals surface area contributed by atoms with Gasteiger partial charge in [0.2, 0.25) is 0 Å². The fourth-order valence-corrected chi connectivity index (χ4v) is 8.26. The zero-order valence-corrected chi connectivity index (χ0v) is 27.9. The molecule has 4 aromatic rings. The number of carboxylic acids is 2. The van der Waals surface area contributed by atoms with E-state index in [9.17, 15) is 14.4 Å². The molecule has 0 spiro atoms. The standard InChI is InChI=1S/C36H37N7O5S/c1-21-24(4-2-6-27(21)40-34-33-23(8-12-38-34)16-22(18-39-33)17-37-19-32(46)47)25-5-3-7-29-26(25)9-15-43(29)36(48)35-41-28-10-13-42(14-11-31(44)45)20-30(28)49-35/h2-8,12,16,18,28,30,37H,9-11,13-15,17,19-20H2,1H3,(H,38,40)(H,44,45)(H,46,47). The van der Waals surface area contributed by atoms with Gasteiger partial charge < -0.3 is 30.6 Å². The van der Waals surface area contributed by atoms with Gasteiger partial charge in [0.15, 0.2) is 10.9 Å². The third kappa shape index (κ3) is 6.87. The monoisotopic (exact) mass is 679 g/mol. The number of carboxylic acid groups (broad SMARTS) is 2. The minimum Gasteiger partial charge on any atom is -0.481 e. The van der Waals surface area contributed by atoms with Crippen molar-refractivity contribution in [3.8, 4) is 11.1 Å². The number of likely N-dealkylation sites (tertiary alicyclic amines) is 1. The van der Waals surface area contributed by atoms with Crippen molar-refractivity contribution in [2.24, 2.45) is 4.99 Å². The predicted octanol–water partition coefficient (Wildman–Crippen LogP) is 4.48. The number of nitrogens with zero attached hydrogens (tertiary/aromatic N) is 5. The topological polar surface area (TPSA) is 160 Å². The number of aliphatic carboxylic acids is 2. The first kappa shape index (κ1) is 32.7. The second-order valence-corrected chi connectivity index (χ2v) is 13.8. The average Bonchev–Trinajstić information content (AvgIpc) is 3.72. The van der Waals surface area contributed by atoms with Crippen molar-refractivity contribution >= 4 is 62.7 Å². The van der Waals surface area contributed by atoms with Gasteiger partial charge in [-0.2, -0.15) is 0 Å². The molecule has 1 fully saturated rings. The largest absolute Gasteiger partial charge is 0.481 e. The van der Waals surface area contributed by atoms with E-state index >= 15 is 0 Å². The van der Waals surface area contributed by atoms with Crippen LogP contribution in [0.4, 0.5) is 17.2 Å². The van der Waals surface area contributed by atoms with Gasteiger partial charge in [0.05, 0.1) is 19.0 Å². The van der Waals surface area contributed by atoms with Crippen LogP contribution in [0.1, 0.15) is 29.5 Å². The van der Waals surface area contributed by atoms with E-state index in [1.165, 1.54) is 11.8 Å². The fraction of sp³-hybridized carbons (Fsp3) is 0.333. The molecular weight excluding hydrogens is 643 g/mol. The summed E-state index contributed by atoms with van der Waals surface area (Å²) in [5.41, 5.74) is 7.72. The summed E-state index contributed by atoms with van der Waals surface area (Å²) in [5.74, 6) is -1.14. The highest BCUT2D eigenvalue weighted by molar-refractivity contribution is 8.16. The van der Waals surface area contributed by atoms with Crippen molar-refractivity contribution in [2.75, 3.05) is 42.9 Å². The number of thioether (sulfide) groups is 1. The van der Waals surface area contributed by atoms with Crippen LogP contribution in [0.25, 0.3) is 22.0 Å². The maximum Gasteiger partial charge on any atom is 0.317 e. The summed E-state index contributed by atoms with van der Waals surface area (Å²) < 4.78 is 0. The van der Waals surface area contributed by atoms with E-state index in [1.54, 1.807) is 12.4 Å². The number of hydrogen-bond acceptors (Lipinski definition) is 10. The Morgan fingerprint density at radius 1 is 1.02 bits per heavy atom. The molecule has 1 amide bonds. The molecule has 3 aliphatic heterocycles. The highest BCUT2D eigenvalue weighted by Gasteiger charge is 2.40. The zero-order valence-electron chi connectivity index (χ0n) is 27.1. The van der Waals surface area contributed by atoms with Crippen LogP contribution in [0.15, 0.2) is 65.9 Å². The minimum absolute atomic E-state index is 0.0603. The lowest BCUT2D eigenvalue weighted by Crippen LogP contribution is -2.43. The van der Waals surface area contributed by atoms with Crippen LogP contribution in [0.5, 0.6) is 0 Å². The molecule has 2 unspecified atom stereocenters. The first-order valence-corrected chi connectivity index (χ1v) is 17.3. The number of carbonyl (C=O) groups is 3. The molecule has 5 heterocycles. The zero-order chi connectivity index (χ0) is 34.1. The number of fused-ring (bicyclic) bond motifs is 3. The summed E-state index contributed by atoms with van der Waals surface area (Å²) in [7, 11) is 0. The first-order chi connectivity index (χ1) is 23.7. The summed E-state index contributed by atoms with van der Waals surface area (Å²) in [4.78, 5) is 53.9. The number of pyridine rings is 2. The van der Waals surface area contributed by atoms with Crippen molar-refractivity contribution in [3.63, 3.8) is 0 Å². The van der Waals surface area contributed by atoms with Crippen LogP contribution in [0, 0.1) is 6.92 Å². The maximum atomic E-state index is 13.9. The molecule has 12 nitrogen and oxygen atoms in total. The Morgan fingerprint density at radius 2 is 1.86 bits per heavy atom. The van der Waals surface area contributed by atoms with Crippen molar-refractivity contribution in [1.29, 1.82) is 0 Å². The normalized spacial score (nSPS) is 18.6. The fourth-order valence-electron chi connectivity index (χ4n) is 6.93. The summed E-state index contributed by atoms with van der Waals surface area (Å²) in [6.45, 7) is 4.99. The Morgan fingerprint density at radius 3 is 2.69 bits per heavy atom. The number of carbonyl (C=O) groups excluding carboxylic acids is 1. The van der Waals surface area contributed by atoms with Crippen LogP contribution in [-0.4, -0.2) is 92.0 Å². The lowest BCUT2D eigenvalue weighted by molar-refractivity contribution is -0.137. The van der Waals surface area contributed by atoms with Crippen molar-refractivity contribution in [3.05, 3.63) is 77.6 Å². The summed E-state index contributed by atoms with van der Waals surface area (Å²) in [6.07, 6.45) is 5.15. The van der Waals surface area contributed by atoms with Crippen LogP contribution in [0.3, 0.4) is 0 Å². The van der Waals surface area contributed by atoms with Gasteiger partial charge in [0.1, 0.15) is 5.52 Å². The number of anilines is 3. The van der Waals surface area contributed by atoms with Crippen molar-refractivity contribution < 1.29 is 24.6 Å². The number of piperidine rings is 1. The van der Waals surface area contributed by atoms with Crippen LogP contribution in [0.2, 0.25) is 0 Å². The first-order valence-electron chi connectivity index (χ1n) is 16.4. The Kier molecular flexibility index (Phi) is 9.30. The van der Waals surface area contributed by atoms with E-state index in [2.05, 4.69) is 44.6 Å². The highest BCUT2D eigenvalue weighted by Crippen LogP contribution is 2.41. The van der Waals surface area contributed by atoms with Crippen molar-refractivity contribution in [1.82, 2.24) is 20.2 Å². The number of rotatable bonds is 11. The minimum atomic E-state index is -0.908. The molecular formula is C36H37N7O5S. The molecule has 7 rings (SSSR count). The molecule has 0 saturated carbocycles. The van der Waals surface area contributed by atoms with Gasteiger partial charge in [-0.1, -0.05) is 36.0 Å². The predicted molar refractivity (Wildman–Crippen MR) is 191 cm³/mol. The number of nitrogens with one attached hydrogen (secondary N) is 2. The van der Waals surface area contributed by atoms with Gasteiger partial charge in [-0.05, 0) is 71.8 Å². The number of amides is 1. The van der Waals surface area contributed by atoms with E-state index in [4.69, 9.17) is 15.2 Å². The molecule has 1 saturated heterocycles. The molecule has 252 valence electrons. The van der Waals surface area contributed by atoms with Crippen molar-refractivity contribution in [2.45, 2.75) is 44.0 Å². The van der Waals surface area contributed by atoms with Gasteiger partial charge in [0, 0.05) is 67.1 Å². The summed E-state index contributed by atoms with van der Waals surface area (Å²) in [5, 5.41) is 26.0. The molecule has 0 aliphatic carbocycles. The molecule has 3 aliphatic rings. The Hall–Kier alpha value is -4.85. The van der Waals surface area contributed by atoms with Crippen LogP contribution < -0.4 is 15.5 Å². The molecule has 0 bridgehead atoms. The van der Waals surface area contributed by atoms with E-state index in [-0.39, 0.29) is 30.2 Å². The Bertz CT molecular complexity index is 1980. The number of benzene rings is 2. The van der Waals surface area contributed by atoms with Gasteiger partial charge in [-0.15, -0.1) is 0 Å². The summed E-state index contributed by atoms with van der Waals surface area (Å²) in [6, 6.07) is 16.2. The van der Waals surface area contributed by atoms with Crippen LogP contribution >= 0.6 is 11.8 Å². The SMILES string of the molecule is Cc1c(Nc2nccc3cc(CNCC(=O)O)cnc23)cccc1-c1cccc2c1CCN2C(=O)C1=NC2CCN(CCC(=O)O)CC2S1. The molecule has 49 heavy (non-hydrogen) atoms. The molecule has 2 aromatic carbocycles. The number of aliphatic imine (C=N–C) groups is 1. The number of aromatic nitrogens is 2. The second kappa shape index (κ2) is 13.9. The van der Waals surface area contributed by atoms with Gasteiger partial charge in [-0.25, -0.2) is 4.98 Å². The van der Waals surface area contributed by atoms with Gasteiger partial charge in [-0.3, -0.25) is 24.4 Å². The Labute approximate surface area is 287 Å². The lowest BCUT2D eigenvalue weighted by atomic mass is 9.93. The smallest absolute Gasteiger partial charge is 0.317 e. The van der Waals surface area contributed by atoms with Gasteiger partial charge in [0.25, 0.3) is 5.91 Å². The highest BCUT2D eigenvalue weighted by atomic mass is 32.2. The molecule has 4 N–H and O–H groups in total. The molecule has 2 aromatic heterocycles. The third-order valence-electron chi connectivity index (χ3n) is 9.39. The quantitative estimate of drug-likeness (QED) is 0.177. The summed E-state index contributed by atoms with van der Waals surface area (Å²) >= 11 is 1.54. The number of hydrogen-bond donors (Lipinski definition) is 4. The lowest BCUT2D eigenvalue weighted by Gasteiger charge is -2.32. The van der Waals surface area contributed by atoms with E-state index < -0.39 is 11.9 Å². The molecule has 0 radical (unpaired) electrons. The third-order valence-corrected chi connectivity index (χ3v) is 10.7. The Balaban J connectivity index is 1.08. The second-order valence-electron chi connectivity index (χ2n) is 12.6. The van der Waals surface area contributed by atoms with Crippen LogP contribution in [-0.2, 0) is 27.3 Å². The average molecular weight is 680 g/mol. The van der Waals surface area contributed by atoms with E-state index in [1.807, 2.05) is 41.3 Å². The molecule has 2 atom stereocenters. The van der Waals surface area contributed by atoms with E-state index in [0.717, 1.165) is 70.5 Å². The molecule has 13 heteroatoms. The maximum absolute atomic E-state index is 13.9.